The maximum atomic E-state index is 12.2. The zero-order valence-corrected chi connectivity index (χ0v) is 12.0. The third-order valence-corrected chi connectivity index (χ3v) is 3.62. The predicted octanol–water partition coefficient (Wildman–Crippen LogP) is 1.12. The van der Waals surface area contributed by atoms with E-state index in [0.29, 0.717) is 6.04 Å². The Morgan fingerprint density at radius 1 is 1.60 bits per heavy atom. The Morgan fingerprint density at radius 2 is 2.35 bits per heavy atom. The highest BCUT2D eigenvalue weighted by atomic mass is 16.2. The normalized spacial score (nSPS) is 19.4. The number of fused-ring (bicyclic) bond motifs is 1. The maximum absolute atomic E-state index is 12.2. The van der Waals surface area contributed by atoms with E-state index in [9.17, 15) is 4.79 Å². The molecule has 4 heteroatoms. The van der Waals surface area contributed by atoms with Crippen LogP contribution < -0.4 is 15.5 Å². The van der Waals surface area contributed by atoms with Gasteiger partial charge in [0.2, 0.25) is 5.91 Å². The van der Waals surface area contributed by atoms with E-state index in [1.165, 1.54) is 5.56 Å². The highest BCUT2D eigenvalue weighted by Gasteiger charge is 2.26. The van der Waals surface area contributed by atoms with Crippen LogP contribution in [0.4, 0.5) is 5.69 Å². The molecule has 0 bridgehead atoms. The predicted molar refractivity (Wildman–Crippen MR) is 81.4 cm³/mol. The smallest absolute Gasteiger partial charge is 0.243 e. The van der Waals surface area contributed by atoms with Gasteiger partial charge in [-0.15, -0.1) is 6.42 Å². The van der Waals surface area contributed by atoms with Gasteiger partial charge in [-0.1, -0.05) is 24.1 Å². The molecule has 2 atom stereocenters. The Bertz CT molecular complexity index is 521. The van der Waals surface area contributed by atoms with Crippen molar-refractivity contribution in [3.63, 3.8) is 0 Å². The average Bonchev–Trinajstić information content (AvgIpc) is 2.64. The van der Waals surface area contributed by atoms with Crippen LogP contribution in [0.2, 0.25) is 0 Å². The first-order chi connectivity index (χ1) is 9.63. The Morgan fingerprint density at radius 3 is 3.10 bits per heavy atom. The van der Waals surface area contributed by atoms with E-state index in [1.807, 2.05) is 19.1 Å². The number of nitrogens with zero attached hydrogens (tertiary/aromatic N) is 1. The van der Waals surface area contributed by atoms with Gasteiger partial charge in [0.25, 0.3) is 0 Å². The summed E-state index contributed by atoms with van der Waals surface area (Å²) >= 11 is 0. The van der Waals surface area contributed by atoms with Crippen LogP contribution in [0, 0.1) is 12.3 Å². The molecule has 0 fully saturated rings. The van der Waals surface area contributed by atoms with Gasteiger partial charge >= 0.3 is 0 Å². The van der Waals surface area contributed by atoms with Gasteiger partial charge in [-0.25, -0.2) is 0 Å². The number of para-hydroxylation sites is 1. The van der Waals surface area contributed by atoms with E-state index in [-0.39, 0.29) is 18.5 Å². The molecule has 1 amide bonds. The van der Waals surface area contributed by atoms with E-state index in [4.69, 9.17) is 6.42 Å². The van der Waals surface area contributed by atoms with Crippen LogP contribution in [-0.2, 0) is 11.3 Å². The lowest BCUT2D eigenvalue weighted by atomic mass is 10.1. The average molecular weight is 271 g/mol. The number of hydrogen-bond acceptors (Lipinski definition) is 3. The van der Waals surface area contributed by atoms with Gasteiger partial charge in [0, 0.05) is 24.8 Å². The first kappa shape index (κ1) is 14.4. The van der Waals surface area contributed by atoms with Crippen molar-refractivity contribution in [2.24, 2.45) is 0 Å². The molecule has 1 aromatic carbocycles. The Balaban J connectivity index is 2.24. The fourth-order valence-electron chi connectivity index (χ4n) is 2.48. The Kier molecular flexibility index (Phi) is 4.65. The van der Waals surface area contributed by atoms with Gasteiger partial charge < -0.3 is 15.5 Å². The summed E-state index contributed by atoms with van der Waals surface area (Å²) in [6.45, 7) is 5.94. The molecule has 0 spiro atoms. The van der Waals surface area contributed by atoms with Crippen LogP contribution in [-0.4, -0.2) is 31.1 Å². The van der Waals surface area contributed by atoms with Crippen molar-refractivity contribution in [3.05, 3.63) is 29.8 Å². The minimum Gasteiger partial charge on any atom is -0.358 e. The van der Waals surface area contributed by atoms with Crippen molar-refractivity contribution in [2.75, 3.05) is 18.0 Å². The van der Waals surface area contributed by atoms with Crippen LogP contribution >= 0.6 is 0 Å². The molecule has 2 rings (SSSR count). The van der Waals surface area contributed by atoms with Crippen molar-refractivity contribution < 1.29 is 4.79 Å². The summed E-state index contributed by atoms with van der Waals surface area (Å²) in [5.74, 6) is 2.40. The largest absolute Gasteiger partial charge is 0.358 e. The van der Waals surface area contributed by atoms with Crippen molar-refractivity contribution >= 4 is 11.6 Å². The molecular weight excluding hydrogens is 250 g/mol. The maximum Gasteiger partial charge on any atom is 0.243 e. The molecule has 106 valence electrons. The molecule has 20 heavy (non-hydrogen) atoms. The highest BCUT2D eigenvalue weighted by Crippen LogP contribution is 2.25. The summed E-state index contributed by atoms with van der Waals surface area (Å²) < 4.78 is 0. The standard InChI is InChI=1S/C16H21N3O/c1-4-9-17-16(20)13(3)19-11-12(2)18-10-14-7-5-6-8-15(14)19/h1,5-8,12-13,18H,9-11H2,2-3H3,(H,17,20). The summed E-state index contributed by atoms with van der Waals surface area (Å²) in [6, 6.07) is 8.28. The van der Waals surface area contributed by atoms with Crippen molar-refractivity contribution in [1.82, 2.24) is 10.6 Å². The number of anilines is 1. The van der Waals surface area contributed by atoms with Crippen LogP contribution in [0.1, 0.15) is 19.4 Å². The van der Waals surface area contributed by atoms with E-state index in [1.54, 1.807) is 0 Å². The van der Waals surface area contributed by atoms with Crippen LogP contribution in [0.15, 0.2) is 24.3 Å². The number of amides is 1. The summed E-state index contributed by atoms with van der Waals surface area (Å²) in [4.78, 5) is 14.3. The number of nitrogens with one attached hydrogen (secondary N) is 2. The topological polar surface area (TPSA) is 44.4 Å². The molecule has 0 aliphatic carbocycles. The number of hydrogen-bond donors (Lipinski definition) is 2. The number of terminal acetylenes is 1. The quantitative estimate of drug-likeness (QED) is 0.810. The van der Waals surface area contributed by atoms with E-state index in [0.717, 1.165) is 18.8 Å². The zero-order chi connectivity index (χ0) is 14.5. The molecule has 1 aliphatic heterocycles. The summed E-state index contributed by atoms with van der Waals surface area (Å²) in [5, 5.41) is 6.22. The summed E-state index contributed by atoms with van der Waals surface area (Å²) in [5.41, 5.74) is 2.33. The molecule has 0 radical (unpaired) electrons. The molecule has 2 N–H and O–H groups in total. The van der Waals surface area contributed by atoms with E-state index < -0.39 is 0 Å². The lowest BCUT2D eigenvalue weighted by Gasteiger charge is -2.31. The SMILES string of the molecule is C#CCNC(=O)C(C)N1CC(C)NCc2ccccc21. The van der Waals surface area contributed by atoms with Crippen LogP contribution in [0.3, 0.4) is 0 Å². The second kappa shape index (κ2) is 6.44. The van der Waals surface area contributed by atoms with E-state index >= 15 is 0 Å². The molecule has 1 heterocycles. The van der Waals surface area contributed by atoms with Crippen molar-refractivity contribution in [3.8, 4) is 12.3 Å². The van der Waals surface area contributed by atoms with E-state index in [2.05, 4.69) is 40.5 Å². The number of carbonyl (C=O) groups excluding carboxylic acids is 1. The number of benzene rings is 1. The summed E-state index contributed by atoms with van der Waals surface area (Å²) in [6.07, 6.45) is 5.19. The van der Waals surface area contributed by atoms with Crippen molar-refractivity contribution in [1.29, 1.82) is 0 Å². The lowest BCUT2D eigenvalue weighted by Crippen LogP contribution is -2.48. The number of carbonyl (C=O) groups is 1. The minimum atomic E-state index is -0.244. The second-order valence-electron chi connectivity index (χ2n) is 5.16. The monoisotopic (exact) mass is 271 g/mol. The molecule has 2 unspecified atom stereocenters. The number of rotatable bonds is 3. The summed E-state index contributed by atoms with van der Waals surface area (Å²) in [7, 11) is 0. The molecule has 0 aromatic heterocycles. The fraction of sp³-hybridized carbons (Fsp3) is 0.438. The Hall–Kier alpha value is -1.99. The van der Waals surface area contributed by atoms with Crippen LogP contribution in [0.5, 0.6) is 0 Å². The fourth-order valence-corrected chi connectivity index (χ4v) is 2.48. The highest BCUT2D eigenvalue weighted by molar-refractivity contribution is 5.85. The first-order valence-corrected chi connectivity index (χ1v) is 6.92. The second-order valence-corrected chi connectivity index (χ2v) is 5.16. The van der Waals surface area contributed by atoms with Gasteiger partial charge in [-0.3, -0.25) is 4.79 Å². The van der Waals surface area contributed by atoms with Gasteiger partial charge in [0.1, 0.15) is 6.04 Å². The molecule has 1 aromatic rings. The molecule has 0 saturated heterocycles. The third kappa shape index (κ3) is 3.12. The molecule has 1 aliphatic rings. The van der Waals surface area contributed by atoms with Gasteiger partial charge in [0.15, 0.2) is 0 Å². The zero-order valence-electron chi connectivity index (χ0n) is 12.0. The first-order valence-electron chi connectivity index (χ1n) is 6.92. The molecular formula is C16H21N3O. The van der Waals surface area contributed by atoms with Gasteiger partial charge in [-0.05, 0) is 25.5 Å². The van der Waals surface area contributed by atoms with Gasteiger partial charge in [-0.2, -0.15) is 0 Å². The third-order valence-electron chi connectivity index (χ3n) is 3.62. The van der Waals surface area contributed by atoms with Gasteiger partial charge in [0.05, 0.1) is 6.54 Å². The molecule has 4 nitrogen and oxygen atoms in total. The Labute approximate surface area is 120 Å². The minimum absolute atomic E-state index is 0.0353. The van der Waals surface area contributed by atoms with Crippen molar-refractivity contribution in [2.45, 2.75) is 32.5 Å². The van der Waals surface area contributed by atoms with Crippen LogP contribution in [0.25, 0.3) is 0 Å². The molecule has 0 saturated carbocycles. The lowest BCUT2D eigenvalue weighted by molar-refractivity contribution is -0.121.